The lowest BCUT2D eigenvalue weighted by molar-refractivity contribution is 0.175. The number of benzene rings is 1. The number of aryl methyl sites for hydroxylation is 1. The van der Waals surface area contributed by atoms with Crippen molar-refractivity contribution in [2.75, 3.05) is 11.9 Å². The van der Waals surface area contributed by atoms with Crippen molar-refractivity contribution < 1.29 is 14.3 Å². The quantitative estimate of drug-likeness (QED) is 0.655. The lowest BCUT2D eigenvalue weighted by Crippen LogP contribution is -2.32. The Balaban J connectivity index is 1.66. The molecule has 0 spiro atoms. The standard InChI is InChI=1S/C16H17FN6O2/c1-22-10-11(8-20-22)15(24)9-18-16(25)21-13-7-12(17)3-4-14(13)23-6-2-5-19-23/h2-8,10,15,24H,9H2,1H3,(H2,18,21,25)/t15-/m0/s1. The average Bonchev–Trinajstić information content (AvgIpc) is 3.24. The Morgan fingerprint density at radius 1 is 1.40 bits per heavy atom. The fraction of sp³-hybridized carbons (Fsp3) is 0.188. The molecule has 3 rings (SSSR count). The number of carbonyl (C=O) groups is 1. The molecular weight excluding hydrogens is 327 g/mol. The second kappa shape index (κ2) is 7.14. The largest absolute Gasteiger partial charge is 0.386 e. The highest BCUT2D eigenvalue weighted by atomic mass is 19.1. The van der Waals surface area contributed by atoms with Crippen LogP contribution in [0.5, 0.6) is 0 Å². The van der Waals surface area contributed by atoms with E-state index in [0.29, 0.717) is 11.3 Å². The molecule has 9 heteroatoms. The molecule has 2 heterocycles. The van der Waals surface area contributed by atoms with Crippen molar-refractivity contribution in [2.24, 2.45) is 7.05 Å². The smallest absolute Gasteiger partial charge is 0.319 e. The van der Waals surface area contributed by atoms with Crippen molar-refractivity contribution in [2.45, 2.75) is 6.10 Å². The van der Waals surface area contributed by atoms with Gasteiger partial charge in [0.2, 0.25) is 0 Å². The first-order valence-corrected chi connectivity index (χ1v) is 7.54. The summed E-state index contributed by atoms with van der Waals surface area (Å²) in [7, 11) is 1.73. The van der Waals surface area contributed by atoms with Crippen molar-refractivity contribution in [3.8, 4) is 5.69 Å². The maximum absolute atomic E-state index is 13.5. The Labute approximate surface area is 142 Å². The highest BCUT2D eigenvalue weighted by molar-refractivity contribution is 5.91. The van der Waals surface area contributed by atoms with E-state index in [2.05, 4.69) is 20.8 Å². The van der Waals surface area contributed by atoms with E-state index in [1.54, 1.807) is 36.4 Å². The first-order chi connectivity index (χ1) is 12.0. The fourth-order valence-electron chi connectivity index (χ4n) is 2.31. The number of aliphatic hydroxyl groups excluding tert-OH is 1. The van der Waals surface area contributed by atoms with Crippen molar-refractivity contribution in [3.05, 3.63) is 60.4 Å². The summed E-state index contributed by atoms with van der Waals surface area (Å²) in [6, 6.07) is 5.15. The normalized spacial score (nSPS) is 12.0. The van der Waals surface area contributed by atoms with Gasteiger partial charge in [0, 0.05) is 37.7 Å². The third kappa shape index (κ3) is 4.01. The third-order valence-corrected chi connectivity index (χ3v) is 3.52. The molecular formula is C16H17FN6O2. The van der Waals surface area contributed by atoms with Crippen LogP contribution in [0.15, 0.2) is 49.1 Å². The van der Waals surface area contributed by atoms with Crippen LogP contribution in [0.25, 0.3) is 5.69 Å². The van der Waals surface area contributed by atoms with Crippen molar-refractivity contribution in [3.63, 3.8) is 0 Å². The Morgan fingerprint density at radius 2 is 2.24 bits per heavy atom. The van der Waals surface area contributed by atoms with Gasteiger partial charge in [-0.25, -0.2) is 13.9 Å². The molecule has 0 bridgehead atoms. The number of rotatable bonds is 5. The van der Waals surface area contributed by atoms with Crippen LogP contribution >= 0.6 is 0 Å². The second-order valence-electron chi connectivity index (χ2n) is 5.41. The van der Waals surface area contributed by atoms with E-state index in [4.69, 9.17) is 0 Å². The summed E-state index contributed by atoms with van der Waals surface area (Å²) < 4.78 is 16.6. The number of halogens is 1. The van der Waals surface area contributed by atoms with Gasteiger partial charge < -0.3 is 15.7 Å². The number of hydrogen-bond donors (Lipinski definition) is 3. The van der Waals surface area contributed by atoms with Crippen LogP contribution in [0.2, 0.25) is 0 Å². The third-order valence-electron chi connectivity index (χ3n) is 3.52. The van der Waals surface area contributed by atoms with Crippen LogP contribution in [0.3, 0.4) is 0 Å². The van der Waals surface area contributed by atoms with Gasteiger partial charge in [-0.1, -0.05) is 0 Å². The first-order valence-electron chi connectivity index (χ1n) is 7.54. The van der Waals surface area contributed by atoms with Crippen molar-refractivity contribution >= 4 is 11.7 Å². The molecule has 3 N–H and O–H groups in total. The Kier molecular flexibility index (Phi) is 4.75. The molecule has 0 aliphatic rings. The summed E-state index contributed by atoms with van der Waals surface area (Å²) in [6.07, 6.45) is 5.55. The summed E-state index contributed by atoms with van der Waals surface area (Å²) in [5.41, 5.74) is 1.37. The van der Waals surface area contributed by atoms with Gasteiger partial charge in [0.1, 0.15) is 5.82 Å². The van der Waals surface area contributed by atoms with E-state index >= 15 is 0 Å². The molecule has 0 fully saturated rings. The van der Waals surface area contributed by atoms with Crippen LogP contribution in [0, 0.1) is 5.82 Å². The Bertz CT molecular complexity index is 861. The Morgan fingerprint density at radius 3 is 2.92 bits per heavy atom. The van der Waals surface area contributed by atoms with Gasteiger partial charge in [0.25, 0.3) is 0 Å². The molecule has 0 radical (unpaired) electrons. The molecule has 8 nitrogen and oxygen atoms in total. The van der Waals surface area contributed by atoms with Gasteiger partial charge in [-0.15, -0.1) is 0 Å². The van der Waals surface area contributed by atoms with Gasteiger partial charge in [-0.2, -0.15) is 10.2 Å². The number of nitrogens with one attached hydrogen (secondary N) is 2. The van der Waals surface area contributed by atoms with E-state index in [1.807, 2.05) is 0 Å². The molecule has 1 atom stereocenters. The monoisotopic (exact) mass is 344 g/mol. The van der Waals surface area contributed by atoms with Gasteiger partial charge in [0.05, 0.1) is 23.7 Å². The van der Waals surface area contributed by atoms with Crippen LogP contribution in [0.1, 0.15) is 11.7 Å². The minimum absolute atomic E-state index is 0.00997. The van der Waals surface area contributed by atoms with E-state index in [-0.39, 0.29) is 12.2 Å². The molecule has 3 aromatic rings. The van der Waals surface area contributed by atoms with Crippen molar-refractivity contribution in [1.82, 2.24) is 24.9 Å². The van der Waals surface area contributed by atoms with Crippen LogP contribution in [-0.2, 0) is 7.05 Å². The first kappa shape index (κ1) is 16.7. The summed E-state index contributed by atoms with van der Waals surface area (Å²) in [5, 5.41) is 23.2. The summed E-state index contributed by atoms with van der Waals surface area (Å²) >= 11 is 0. The lowest BCUT2D eigenvalue weighted by Gasteiger charge is -2.14. The van der Waals surface area contributed by atoms with E-state index in [1.165, 1.54) is 29.1 Å². The van der Waals surface area contributed by atoms with E-state index < -0.39 is 18.0 Å². The lowest BCUT2D eigenvalue weighted by atomic mass is 10.2. The zero-order valence-electron chi connectivity index (χ0n) is 13.4. The van der Waals surface area contributed by atoms with Gasteiger partial charge >= 0.3 is 6.03 Å². The zero-order chi connectivity index (χ0) is 17.8. The number of carbonyl (C=O) groups excluding carboxylic acids is 1. The highest BCUT2D eigenvalue weighted by Crippen LogP contribution is 2.21. The van der Waals surface area contributed by atoms with Crippen molar-refractivity contribution in [1.29, 1.82) is 0 Å². The number of aromatic nitrogens is 4. The molecule has 130 valence electrons. The van der Waals surface area contributed by atoms with Gasteiger partial charge in [0.15, 0.2) is 0 Å². The number of amides is 2. The number of hydrogen-bond acceptors (Lipinski definition) is 4. The maximum Gasteiger partial charge on any atom is 0.319 e. The molecule has 0 unspecified atom stereocenters. The average molecular weight is 344 g/mol. The fourth-order valence-corrected chi connectivity index (χ4v) is 2.31. The minimum atomic E-state index is -0.891. The molecule has 25 heavy (non-hydrogen) atoms. The molecule has 0 aliphatic carbocycles. The van der Waals surface area contributed by atoms with Gasteiger partial charge in [-0.05, 0) is 24.3 Å². The van der Waals surface area contributed by atoms with Gasteiger partial charge in [-0.3, -0.25) is 4.68 Å². The summed E-state index contributed by atoms with van der Waals surface area (Å²) in [6.45, 7) is -0.00997. The van der Waals surface area contributed by atoms with Crippen LogP contribution in [-0.4, -0.2) is 37.2 Å². The maximum atomic E-state index is 13.5. The molecule has 0 saturated heterocycles. The molecule has 0 saturated carbocycles. The van der Waals surface area contributed by atoms with E-state index in [9.17, 15) is 14.3 Å². The highest BCUT2D eigenvalue weighted by Gasteiger charge is 2.13. The number of urea groups is 1. The number of aliphatic hydroxyl groups is 1. The predicted molar refractivity (Wildman–Crippen MR) is 88.7 cm³/mol. The topological polar surface area (TPSA) is 97.0 Å². The summed E-state index contributed by atoms with van der Waals surface area (Å²) in [5.74, 6) is -0.485. The SMILES string of the molecule is Cn1cc([C@@H](O)CNC(=O)Nc2cc(F)ccc2-n2cccn2)cn1. The Hall–Kier alpha value is -3.20. The number of anilines is 1. The second-order valence-corrected chi connectivity index (χ2v) is 5.41. The predicted octanol–water partition coefficient (Wildman–Crippen LogP) is 1.60. The minimum Gasteiger partial charge on any atom is -0.386 e. The zero-order valence-corrected chi connectivity index (χ0v) is 13.4. The molecule has 1 aromatic carbocycles. The molecule has 2 aromatic heterocycles. The van der Waals surface area contributed by atoms with E-state index in [0.717, 1.165) is 0 Å². The summed E-state index contributed by atoms with van der Waals surface area (Å²) in [4.78, 5) is 12.1. The molecule has 0 aliphatic heterocycles. The number of nitrogens with zero attached hydrogens (tertiary/aromatic N) is 4. The van der Waals surface area contributed by atoms with Crippen LogP contribution < -0.4 is 10.6 Å². The van der Waals surface area contributed by atoms with Crippen LogP contribution in [0.4, 0.5) is 14.9 Å². The molecule has 2 amide bonds.